The number of nitrogens with one attached hydrogen (secondary N) is 1. The number of rotatable bonds is 2. The maximum absolute atomic E-state index is 9.90. The van der Waals surface area contributed by atoms with E-state index in [1.165, 1.54) is 5.48 Å². The van der Waals surface area contributed by atoms with E-state index in [1.807, 2.05) is 0 Å². The number of hydrogen-bond acceptors (Lipinski definition) is 4. The van der Waals surface area contributed by atoms with E-state index in [2.05, 4.69) is 0 Å². The van der Waals surface area contributed by atoms with Crippen LogP contribution in [0.15, 0.2) is 0 Å². The minimum Gasteiger partial charge on any atom is -0.315 e. The molecule has 0 radical (unpaired) electrons. The lowest BCUT2D eigenvalue weighted by Crippen LogP contribution is -2.30. The van der Waals surface area contributed by atoms with Crippen LogP contribution in [-0.4, -0.2) is 23.6 Å². The standard InChI is InChI=1S/C2H7NO4S/c1-2(3-4)8(5,6)7/h2-4H,1H3,(H,5,6,7). The third kappa shape index (κ3) is 2.22. The number of hydrogen-bond donors (Lipinski definition) is 3. The average Bonchev–Trinajstić information content (AvgIpc) is 1.62. The number of hydroxylamine groups is 1. The molecule has 3 N–H and O–H groups in total. The van der Waals surface area contributed by atoms with Gasteiger partial charge in [-0.05, 0) is 6.92 Å². The van der Waals surface area contributed by atoms with Gasteiger partial charge in [0.25, 0.3) is 10.1 Å². The van der Waals surface area contributed by atoms with Crippen LogP contribution in [0.25, 0.3) is 0 Å². The molecule has 0 heterocycles. The van der Waals surface area contributed by atoms with Gasteiger partial charge in [-0.25, -0.2) is 0 Å². The molecule has 6 heteroatoms. The third-order valence-corrected chi connectivity index (χ3v) is 1.63. The highest BCUT2D eigenvalue weighted by Crippen LogP contribution is 1.88. The molecule has 0 saturated heterocycles. The molecule has 0 saturated carbocycles. The van der Waals surface area contributed by atoms with E-state index >= 15 is 0 Å². The van der Waals surface area contributed by atoms with Crippen molar-refractivity contribution >= 4 is 10.1 Å². The summed E-state index contributed by atoms with van der Waals surface area (Å²) in [5.74, 6) is 0. The van der Waals surface area contributed by atoms with Gasteiger partial charge in [-0.1, -0.05) is 0 Å². The Morgan fingerprint density at radius 1 is 1.62 bits per heavy atom. The highest BCUT2D eigenvalue weighted by molar-refractivity contribution is 7.86. The summed E-state index contributed by atoms with van der Waals surface area (Å²) in [6.07, 6.45) is 0. The van der Waals surface area contributed by atoms with E-state index in [4.69, 9.17) is 9.76 Å². The zero-order valence-electron chi connectivity index (χ0n) is 4.20. The van der Waals surface area contributed by atoms with Crippen LogP contribution in [0, 0.1) is 0 Å². The third-order valence-electron chi connectivity index (χ3n) is 0.629. The normalized spacial score (nSPS) is 15.9. The van der Waals surface area contributed by atoms with Crippen molar-refractivity contribution in [2.45, 2.75) is 12.3 Å². The molecule has 0 aliphatic rings. The molecular formula is C2H7NO4S. The monoisotopic (exact) mass is 141 g/mol. The fourth-order valence-electron chi connectivity index (χ4n) is 0.0666. The van der Waals surface area contributed by atoms with Crippen molar-refractivity contribution in [2.75, 3.05) is 0 Å². The molecule has 0 spiro atoms. The average molecular weight is 141 g/mol. The molecule has 1 unspecified atom stereocenters. The summed E-state index contributed by atoms with van der Waals surface area (Å²) >= 11 is 0. The Hall–Kier alpha value is -0.170. The van der Waals surface area contributed by atoms with Crippen molar-refractivity contribution in [1.29, 1.82) is 0 Å². The van der Waals surface area contributed by atoms with Gasteiger partial charge in [0.05, 0.1) is 0 Å². The molecule has 0 rings (SSSR count). The Morgan fingerprint density at radius 2 is 2.00 bits per heavy atom. The van der Waals surface area contributed by atoms with Gasteiger partial charge in [0, 0.05) is 0 Å². The lowest BCUT2D eigenvalue weighted by molar-refractivity contribution is 0.155. The van der Waals surface area contributed by atoms with E-state index in [9.17, 15) is 8.42 Å². The van der Waals surface area contributed by atoms with Crippen molar-refractivity contribution in [3.63, 3.8) is 0 Å². The summed E-state index contributed by atoms with van der Waals surface area (Å²) in [6, 6.07) is 0. The molecule has 0 aromatic carbocycles. The van der Waals surface area contributed by atoms with Gasteiger partial charge in [0.1, 0.15) is 0 Å². The maximum Gasteiger partial charge on any atom is 0.282 e. The van der Waals surface area contributed by atoms with Crippen LogP contribution < -0.4 is 5.48 Å². The van der Waals surface area contributed by atoms with Gasteiger partial charge < -0.3 is 5.21 Å². The van der Waals surface area contributed by atoms with E-state index in [1.54, 1.807) is 0 Å². The first-order valence-corrected chi connectivity index (χ1v) is 3.34. The summed E-state index contributed by atoms with van der Waals surface area (Å²) in [5.41, 5.74) is 1.37. The van der Waals surface area contributed by atoms with Gasteiger partial charge in [-0.2, -0.15) is 13.9 Å². The summed E-state index contributed by atoms with van der Waals surface area (Å²) in [7, 11) is -4.11. The predicted molar refractivity (Wildman–Crippen MR) is 25.9 cm³/mol. The smallest absolute Gasteiger partial charge is 0.282 e. The molecule has 1 atom stereocenters. The van der Waals surface area contributed by atoms with Crippen LogP contribution >= 0.6 is 0 Å². The zero-order chi connectivity index (χ0) is 6.78. The summed E-state index contributed by atoms with van der Waals surface area (Å²) in [5, 5.41) is 6.56. The predicted octanol–water partition coefficient (Wildman–Crippen LogP) is -0.801. The first-order chi connectivity index (χ1) is 3.48. The Labute approximate surface area is 47.0 Å². The van der Waals surface area contributed by atoms with Crippen molar-refractivity contribution < 1.29 is 18.2 Å². The lowest BCUT2D eigenvalue weighted by atomic mass is 10.8. The van der Waals surface area contributed by atoms with Crippen molar-refractivity contribution in [1.82, 2.24) is 5.48 Å². The van der Waals surface area contributed by atoms with Crippen LogP contribution in [0.5, 0.6) is 0 Å². The topological polar surface area (TPSA) is 86.6 Å². The van der Waals surface area contributed by atoms with E-state index in [-0.39, 0.29) is 0 Å². The highest BCUT2D eigenvalue weighted by atomic mass is 32.2. The van der Waals surface area contributed by atoms with Gasteiger partial charge in [-0.15, -0.1) is 0 Å². The Bertz CT molecular complexity index is 149. The van der Waals surface area contributed by atoms with Crippen LogP contribution in [0.1, 0.15) is 6.92 Å². The molecule has 0 aliphatic carbocycles. The van der Waals surface area contributed by atoms with Gasteiger partial charge in [-0.3, -0.25) is 4.55 Å². The Morgan fingerprint density at radius 3 is 2.00 bits per heavy atom. The molecule has 50 valence electrons. The highest BCUT2D eigenvalue weighted by Gasteiger charge is 2.14. The summed E-state index contributed by atoms with van der Waals surface area (Å²) in [6.45, 7) is 1.11. The van der Waals surface area contributed by atoms with Crippen molar-refractivity contribution in [3.05, 3.63) is 0 Å². The minimum absolute atomic E-state index is 1.11. The molecule has 0 bridgehead atoms. The maximum atomic E-state index is 9.90. The molecule has 0 amide bonds. The molecule has 5 nitrogen and oxygen atoms in total. The molecule has 0 aliphatic heterocycles. The Balaban J connectivity index is 4.04. The molecule has 0 aromatic rings. The van der Waals surface area contributed by atoms with Crippen LogP contribution in [0.3, 0.4) is 0 Å². The first-order valence-electron chi connectivity index (χ1n) is 1.84. The van der Waals surface area contributed by atoms with Gasteiger partial charge >= 0.3 is 0 Å². The lowest BCUT2D eigenvalue weighted by Gasteiger charge is -2.01. The molecular weight excluding hydrogens is 134 g/mol. The largest absolute Gasteiger partial charge is 0.315 e. The van der Waals surface area contributed by atoms with E-state index < -0.39 is 15.5 Å². The van der Waals surface area contributed by atoms with Crippen LogP contribution in [0.2, 0.25) is 0 Å². The molecule has 0 fully saturated rings. The fraction of sp³-hybridized carbons (Fsp3) is 1.00. The van der Waals surface area contributed by atoms with Crippen LogP contribution in [-0.2, 0) is 10.1 Å². The van der Waals surface area contributed by atoms with E-state index in [0.29, 0.717) is 0 Å². The van der Waals surface area contributed by atoms with Gasteiger partial charge in [0.2, 0.25) is 0 Å². The van der Waals surface area contributed by atoms with E-state index in [0.717, 1.165) is 6.92 Å². The van der Waals surface area contributed by atoms with Crippen molar-refractivity contribution in [2.24, 2.45) is 0 Å². The van der Waals surface area contributed by atoms with Crippen molar-refractivity contribution in [3.8, 4) is 0 Å². The summed E-state index contributed by atoms with van der Waals surface area (Å²) in [4.78, 5) is 0. The van der Waals surface area contributed by atoms with Gasteiger partial charge in [0.15, 0.2) is 5.37 Å². The first kappa shape index (κ1) is 7.83. The Kier molecular flexibility index (Phi) is 2.35. The van der Waals surface area contributed by atoms with Crippen LogP contribution in [0.4, 0.5) is 0 Å². The second-order valence-electron chi connectivity index (χ2n) is 1.29. The second kappa shape index (κ2) is 2.40. The summed E-state index contributed by atoms with van der Waals surface area (Å²) < 4.78 is 27.8. The zero-order valence-corrected chi connectivity index (χ0v) is 5.01. The quantitative estimate of drug-likeness (QED) is 0.346. The minimum atomic E-state index is -4.11. The fourth-order valence-corrected chi connectivity index (χ4v) is 0.200. The molecule has 0 aromatic heterocycles. The second-order valence-corrected chi connectivity index (χ2v) is 3.02. The molecule has 8 heavy (non-hydrogen) atoms. The SMILES string of the molecule is CC(NO)S(=O)(=O)O.